The lowest BCUT2D eigenvalue weighted by atomic mass is 10.2. The fourth-order valence-corrected chi connectivity index (χ4v) is 0.749. The van der Waals surface area contributed by atoms with E-state index in [1.165, 1.54) is 0 Å². The van der Waals surface area contributed by atoms with Crippen molar-refractivity contribution >= 4 is 23.0 Å². The van der Waals surface area contributed by atoms with Crippen LogP contribution in [0.4, 0.5) is 8.78 Å². The van der Waals surface area contributed by atoms with Crippen LogP contribution in [0.25, 0.3) is 0 Å². The van der Waals surface area contributed by atoms with Crippen molar-refractivity contribution in [2.45, 2.75) is 25.7 Å². The monoisotopic (exact) mass is 250 g/mol. The Morgan fingerprint density at radius 2 is 2.11 bits per heavy atom. The maximum absolute atomic E-state index is 12.0. The highest BCUT2D eigenvalue weighted by atomic mass is 127. The van der Waals surface area contributed by atoms with Gasteiger partial charge < -0.3 is 3.07 Å². The molecule has 0 fully saturated rings. The second-order valence-electron chi connectivity index (χ2n) is 1.99. The Bertz CT molecular complexity index is 71.8. The van der Waals surface area contributed by atoms with Gasteiger partial charge in [-0.3, -0.25) is 0 Å². The molecule has 56 valence electrons. The maximum atomic E-state index is 12.0. The van der Waals surface area contributed by atoms with Crippen LogP contribution in [-0.2, 0) is 3.07 Å². The molecule has 0 aromatic carbocycles. The maximum Gasteiger partial charge on any atom is 0.245 e. The number of hydrogen-bond acceptors (Lipinski definition) is 1. The number of rotatable bonds is 4. The summed E-state index contributed by atoms with van der Waals surface area (Å²) in [6, 6.07) is 0. The van der Waals surface area contributed by atoms with Crippen LogP contribution < -0.4 is 0 Å². The van der Waals surface area contributed by atoms with E-state index in [4.69, 9.17) is 0 Å². The lowest BCUT2D eigenvalue weighted by Crippen LogP contribution is -2.09. The minimum absolute atomic E-state index is 0.0873. The highest BCUT2D eigenvalue weighted by molar-refractivity contribution is 14.1. The molecule has 0 aliphatic heterocycles. The molecule has 0 amide bonds. The van der Waals surface area contributed by atoms with Crippen molar-refractivity contribution in [2.75, 3.05) is 6.61 Å². The molecule has 0 heterocycles. The van der Waals surface area contributed by atoms with Gasteiger partial charge in [-0.2, -0.15) is 0 Å². The van der Waals surface area contributed by atoms with E-state index < -0.39 is 5.92 Å². The molecule has 0 aliphatic carbocycles. The zero-order valence-corrected chi connectivity index (χ0v) is 7.32. The molecule has 0 unspecified atom stereocenters. The van der Waals surface area contributed by atoms with Gasteiger partial charge >= 0.3 is 0 Å². The van der Waals surface area contributed by atoms with Crippen LogP contribution in [0.15, 0.2) is 0 Å². The van der Waals surface area contributed by atoms with E-state index in [-0.39, 0.29) is 6.42 Å². The molecule has 0 atom stereocenters. The van der Waals surface area contributed by atoms with Gasteiger partial charge in [0, 0.05) is 6.42 Å². The standard InChI is InChI=1S/C5H9F2IO/c1-5(6,7)3-2-4-9-8/h2-4H2,1H3. The topological polar surface area (TPSA) is 9.23 Å². The van der Waals surface area contributed by atoms with Crippen LogP contribution in [0.5, 0.6) is 0 Å². The SMILES string of the molecule is CC(F)(F)CCCOI. The van der Waals surface area contributed by atoms with Crippen molar-refractivity contribution < 1.29 is 11.8 Å². The van der Waals surface area contributed by atoms with Crippen molar-refractivity contribution in [3.05, 3.63) is 0 Å². The fraction of sp³-hybridized carbons (Fsp3) is 1.00. The molecular formula is C5H9F2IO. The molecule has 1 nitrogen and oxygen atoms in total. The summed E-state index contributed by atoms with van der Waals surface area (Å²) in [6.45, 7) is 1.32. The summed E-state index contributed by atoms with van der Waals surface area (Å²) in [7, 11) is 0. The molecule has 0 aromatic heterocycles. The third kappa shape index (κ3) is 8.55. The van der Waals surface area contributed by atoms with Crippen molar-refractivity contribution in [1.82, 2.24) is 0 Å². The second-order valence-corrected chi connectivity index (χ2v) is 2.61. The Morgan fingerprint density at radius 1 is 1.56 bits per heavy atom. The summed E-state index contributed by atoms with van der Waals surface area (Å²) in [4.78, 5) is 0. The van der Waals surface area contributed by atoms with Gasteiger partial charge in [-0.15, -0.1) is 0 Å². The quantitative estimate of drug-likeness (QED) is 0.550. The van der Waals surface area contributed by atoms with Crippen molar-refractivity contribution in [1.29, 1.82) is 0 Å². The summed E-state index contributed by atoms with van der Waals surface area (Å²) < 4.78 is 28.5. The van der Waals surface area contributed by atoms with Gasteiger partial charge in [0.2, 0.25) is 5.92 Å². The molecule has 0 radical (unpaired) electrons. The van der Waals surface area contributed by atoms with E-state index in [0.717, 1.165) is 6.92 Å². The van der Waals surface area contributed by atoms with Gasteiger partial charge in [-0.25, -0.2) is 8.78 Å². The predicted octanol–water partition coefficient (Wildman–Crippen LogP) is 2.79. The highest BCUT2D eigenvalue weighted by Crippen LogP contribution is 2.18. The molecule has 0 saturated heterocycles. The molecule has 0 saturated carbocycles. The molecular weight excluding hydrogens is 241 g/mol. The number of hydrogen-bond donors (Lipinski definition) is 0. The minimum Gasteiger partial charge on any atom is -0.316 e. The lowest BCUT2D eigenvalue weighted by molar-refractivity contribution is 0.00880. The van der Waals surface area contributed by atoms with Crippen LogP contribution >= 0.6 is 23.0 Å². The van der Waals surface area contributed by atoms with Gasteiger partial charge in [0.05, 0.1) is 6.61 Å². The molecule has 0 aliphatic rings. The Labute approximate surface area is 67.5 Å². The molecule has 0 bridgehead atoms. The Hall–Kier alpha value is 0.550. The van der Waals surface area contributed by atoms with Gasteiger partial charge in [0.25, 0.3) is 0 Å². The summed E-state index contributed by atoms with van der Waals surface area (Å²) >= 11 is 1.69. The third-order valence-corrected chi connectivity index (χ3v) is 1.28. The highest BCUT2D eigenvalue weighted by Gasteiger charge is 2.19. The molecule has 0 rings (SSSR count). The summed E-state index contributed by atoms with van der Waals surface area (Å²) in [5.74, 6) is -2.53. The second kappa shape index (κ2) is 4.38. The fourth-order valence-electron chi connectivity index (χ4n) is 0.437. The third-order valence-electron chi connectivity index (χ3n) is 0.837. The zero-order chi connectivity index (χ0) is 7.33. The first-order valence-electron chi connectivity index (χ1n) is 2.67. The lowest BCUT2D eigenvalue weighted by Gasteiger charge is -2.07. The first-order chi connectivity index (χ1) is 4.06. The molecule has 0 spiro atoms. The smallest absolute Gasteiger partial charge is 0.245 e. The molecule has 4 heteroatoms. The normalized spacial score (nSPS) is 12.0. The predicted molar refractivity (Wildman–Crippen MR) is 39.8 cm³/mol. The number of alkyl halides is 2. The Morgan fingerprint density at radius 3 is 2.44 bits per heavy atom. The number of halogens is 3. The summed E-state index contributed by atoms with van der Waals surface area (Å²) in [6.07, 6.45) is 0.336. The Balaban J connectivity index is 3.07. The summed E-state index contributed by atoms with van der Waals surface area (Å²) in [5.41, 5.74) is 0. The zero-order valence-electron chi connectivity index (χ0n) is 5.16. The van der Waals surface area contributed by atoms with E-state index in [1.54, 1.807) is 23.0 Å². The van der Waals surface area contributed by atoms with E-state index in [0.29, 0.717) is 13.0 Å². The van der Waals surface area contributed by atoms with Gasteiger partial charge in [0.15, 0.2) is 0 Å². The van der Waals surface area contributed by atoms with Crippen LogP contribution in [0, 0.1) is 0 Å². The van der Waals surface area contributed by atoms with Gasteiger partial charge in [-0.05, 0) is 13.3 Å². The Kier molecular flexibility index (Phi) is 4.65. The summed E-state index contributed by atoms with van der Waals surface area (Å²) in [5, 5.41) is 0. The van der Waals surface area contributed by atoms with Crippen LogP contribution in [0.2, 0.25) is 0 Å². The average Bonchev–Trinajstić information content (AvgIpc) is 1.63. The van der Waals surface area contributed by atoms with Crippen LogP contribution in [-0.4, -0.2) is 12.5 Å². The molecule has 0 N–H and O–H groups in total. The molecule has 0 aromatic rings. The minimum atomic E-state index is -2.53. The van der Waals surface area contributed by atoms with Crippen LogP contribution in [0.3, 0.4) is 0 Å². The first kappa shape index (κ1) is 9.55. The van der Waals surface area contributed by atoms with Crippen molar-refractivity contribution in [3.63, 3.8) is 0 Å². The van der Waals surface area contributed by atoms with E-state index in [2.05, 4.69) is 3.07 Å². The van der Waals surface area contributed by atoms with Gasteiger partial charge in [0.1, 0.15) is 23.0 Å². The van der Waals surface area contributed by atoms with Crippen LogP contribution in [0.1, 0.15) is 19.8 Å². The van der Waals surface area contributed by atoms with E-state index >= 15 is 0 Å². The first-order valence-corrected chi connectivity index (χ1v) is 3.56. The van der Waals surface area contributed by atoms with Crippen molar-refractivity contribution in [3.8, 4) is 0 Å². The van der Waals surface area contributed by atoms with E-state index in [9.17, 15) is 8.78 Å². The largest absolute Gasteiger partial charge is 0.316 e. The molecule has 9 heavy (non-hydrogen) atoms. The van der Waals surface area contributed by atoms with Gasteiger partial charge in [-0.1, -0.05) is 0 Å². The van der Waals surface area contributed by atoms with Crippen molar-refractivity contribution in [2.24, 2.45) is 0 Å². The van der Waals surface area contributed by atoms with E-state index in [1.807, 2.05) is 0 Å². The average molecular weight is 250 g/mol.